The first-order valence-corrected chi connectivity index (χ1v) is 6.74. The van der Waals surface area contributed by atoms with Gasteiger partial charge in [-0.15, -0.1) is 0 Å². The van der Waals surface area contributed by atoms with Crippen LogP contribution in [0.25, 0.3) is 0 Å². The number of carbonyl (C=O) groups is 3. The van der Waals surface area contributed by atoms with Gasteiger partial charge in [-0.2, -0.15) is 0 Å². The Kier molecular flexibility index (Phi) is 4.55. The zero-order valence-electron chi connectivity index (χ0n) is 11.2. The minimum atomic E-state index is -0.921. The molecule has 1 aromatic heterocycles. The minimum absolute atomic E-state index is 0.0395. The summed E-state index contributed by atoms with van der Waals surface area (Å²) in [7, 11) is 0. The molecule has 0 atom stereocenters. The van der Waals surface area contributed by atoms with Crippen LogP contribution in [0.4, 0.5) is 0 Å². The van der Waals surface area contributed by atoms with Gasteiger partial charge in [0.1, 0.15) is 18.1 Å². The van der Waals surface area contributed by atoms with Gasteiger partial charge in [-0.1, -0.05) is 19.3 Å². The van der Waals surface area contributed by atoms with Gasteiger partial charge in [0.15, 0.2) is 0 Å². The van der Waals surface area contributed by atoms with E-state index in [1.165, 1.54) is 12.5 Å². The Morgan fingerprint density at radius 3 is 2.65 bits per heavy atom. The van der Waals surface area contributed by atoms with E-state index in [1.807, 2.05) is 0 Å². The van der Waals surface area contributed by atoms with E-state index in [1.54, 1.807) is 6.07 Å². The fourth-order valence-electron chi connectivity index (χ4n) is 2.55. The average molecular weight is 278 g/mol. The second-order valence-electron chi connectivity index (χ2n) is 4.99. The molecule has 20 heavy (non-hydrogen) atoms. The summed E-state index contributed by atoms with van der Waals surface area (Å²) in [5.74, 6) is -0.622. The lowest BCUT2D eigenvalue weighted by Crippen LogP contribution is -2.59. The molecule has 0 aliphatic heterocycles. The third-order valence-electron chi connectivity index (χ3n) is 3.62. The van der Waals surface area contributed by atoms with Crippen molar-refractivity contribution < 1.29 is 18.8 Å². The van der Waals surface area contributed by atoms with Crippen LogP contribution < -0.4 is 10.6 Å². The van der Waals surface area contributed by atoms with Crippen molar-refractivity contribution >= 4 is 18.1 Å². The van der Waals surface area contributed by atoms with Gasteiger partial charge in [0.2, 0.25) is 5.91 Å². The van der Waals surface area contributed by atoms with Gasteiger partial charge in [0, 0.05) is 0 Å². The van der Waals surface area contributed by atoms with Crippen molar-refractivity contribution in [2.45, 2.75) is 37.6 Å². The van der Waals surface area contributed by atoms with Crippen molar-refractivity contribution in [2.75, 3.05) is 6.54 Å². The van der Waals surface area contributed by atoms with Gasteiger partial charge in [-0.05, 0) is 18.9 Å². The number of hydrogen-bond donors (Lipinski definition) is 2. The number of hydrogen-bond acceptors (Lipinski definition) is 4. The molecule has 0 saturated heterocycles. The smallest absolute Gasteiger partial charge is 0.255 e. The van der Waals surface area contributed by atoms with E-state index in [0.29, 0.717) is 24.7 Å². The highest BCUT2D eigenvalue weighted by molar-refractivity contribution is 5.99. The molecule has 1 aromatic rings. The van der Waals surface area contributed by atoms with Crippen molar-refractivity contribution in [2.24, 2.45) is 0 Å². The summed E-state index contributed by atoms with van der Waals surface area (Å²) in [4.78, 5) is 34.8. The molecule has 0 spiro atoms. The van der Waals surface area contributed by atoms with Crippen LogP contribution in [-0.4, -0.2) is 30.2 Å². The van der Waals surface area contributed by atoms with Gasteiger partial charge in [-0.25, -0.2) is 0 Å². The van der Waals surface area contributed by atoms with Gasteiger partial charge in [0.25, 0.3) is 5.91 Å². The van der Waals surface area contributed by atoms with E-state index in [2.05, 4.69) is 10.6 Å². The van der Waals surface area contributed by atoms with Crippen molar-refractivity contribution in [1.82, 2.24) is 10.6 Å². The molecule has 0 bridgehead atoms. The number of rotatable bonds is 5. The van der Waals surface area contributed by atoms with E-state index in [4.69, 9.17) is 4.42 Å². The molecule has 1 aliphatic carbocycles. The molecule has 2 amide bonds. The van der Waals surface area contributed by atoms with Crippen LogP contribution in [0.3, 0.4) is 0 Å². The van der Waals surface area contributed by atoms with Crippen LogP contribution in [0.1, 0.15) is 42.5 Å². The summed E-state index contributed by atoms with van der Waals surface area (Å²) in [5.41, 5.74) is -0.534. The van der Waals surface area contributed by atoms with E-state index < -0.39 is 5.54 Å². The molecule has 1 heterocycles. The zero-order valence-corrected chi connectivity index (χ0v) is 11.2. The summed E-state index contributed by atoms with van der Waals surface area (Å²) < 4.78 is 4.88. The highest BCUT2D eigenvalue weighted by atomic mass is 16.3. The van der Waals surface area contributed by atoms with Crippen molar-refractivity contribution in [3.05, 3.63) is 24.2 Å². The molecule has 108 valence electrons. The highest BCUT2D eigenvalue weighted by Crippen LogP contribution is 2.29. The number of furan rings is 1. The third kappa shape index (κ3) is 3.07. The SMILES string of the molecule is O=CCNC(=O)C1(NC(=O)c2ccoc2)CCCCC1. The quantitative estimate of drug-likeness (QED) is 0.787. The van der Waals surface area contributed by atoms with Crippen LogP contribution in [-0.2, 0) is 9.59 Å². The molecule has 0 radical (unpaired) electrons. The van der Waals surface area contributed by atoms with Crippen LogP contribution in [0.15, 0.2) is 23.0 Å². The second kappa shape index (κ2) is 6.36. The summed E-state index contributed by atoms with van der Waals surface area (Å²) in [5, 5.41) is 5.36. The maximum atomic E-state index is 12.3. The van der Waals surface area contributed by atoms with Crippen LogP contribution in [0.5, 0.6) is 0 Å². The van der Waals surface area contributed by atoms with E-state index >= 15 is 0 Å². The largest absolute Gasteiger partial charge is 0.472 e. The predicted octanol–water partition coefficient (Wildman–Crippen LogP) is 1.03. The summed E-state index contributed by atoms with van der Waals surface area (Å²) in [6.07, 6.45) is 7.35. The van der Waals surface area contributed by atoms with Gasteiger partial charge in [0.05, 0.1) is 18.4 Å². The van der Waals surface area contributed by atoms with E-state index in [-0.39, 0.29) is 18.4 Å². The van der Waals surface area contributed by atoms with Crippen molar-refractivity contribution in [3.63, 3.8) is 0 Å². The molecule has 1 saturated carbocycles. The number of aldehydes is 1. The molecule has 1 aliphatic rings. The van der Waals surface area contributed by atoms with Gasteiger partial charge in [-0.3, -0.25) is 9.59 Å². The predicted molar refractivity (Wildman–Crippen MR) is 71.1 cm³/mol. The Morgan fingerprint density at radius 2 is 2.05 bits per heavy atom. The van der Waals surface area contributed by atoms with E-state index in [9.17, 15) is 14.4 Å². The molecule has 2 N–H and O–H groups in total. The number of carbonyl (C=O) groups excluding carboxylic acids is 3. The molecular weight excluding hydrogens is 260 g/mol. The third-order valence-corrected chi connectivity index (χ3v) is 3.62. The Hall–Kier alpha value is -2.11. The van der Waals surface area contributed by atoms with Crippen LogP contribution in [0, 0.1) is 0 Å². The van der Waals surface area contributed by atoms with Crippen LogP contribution >= 0.6 is 0 Å². The number of nitrogens with one attached hydrogen (secondary N) is 2. The number of amides is 2. The Bertz CT molecular complexity index is 475. The molecular formula is C14H18N2O4. The lowest BCUT2D eigenvalue weighted by atomic mass is 9.80. The van der Waals surface area contributed by atoms with Gasteiger partial charge < -0.3 is 19.8 Å². The van der Waals surface area contributed by atoms with Crippen molar-refractivity contribution in [3.8, 4) is 0 Å². The Labute approximate surface area is 116 Å². The molecule has 1 fully saturated rings. The van der Waals surface area contributed by atoms with Gasteiger partial charge >= 0.3 is 0 Å². The first-order chi connectivity index (χ1) is 9.68. The van der Waals surface area contributed by atoms with Crippen molar-refractivity contribution in [1.29, 1.82) is 0 Å². The van der Waals surface area contributed by atoms with Crippen LogP contribution in [0.2, 0.25) is 0 Å². The summed E-state index contributed by atoms with van der Waals surface area (Å²) in [6.45, 7) is -0.0395. The second-order valence-corrected chi connectivity index (χ2v) is 4.99. The lowest BCUT2D eigenvalue weighted by molar-refractivity contribution is -0.129. The maximum absolute atomic E-state index is 12.3. The minimum Gasteiger partial charge on any atom is -0.472 e. The molecule has 0 unspecified atom stereocenters. The zero-order chi connectivity index (χ0) is 14.4. The molecule has 6 nitrogen and oxygen atoms in total. The first-order valence-electron chi connectivity index (χ1n) is 6.74. The first kappa shape index (κ1) is 14.3. The molecule has 6 heteroatoms. The summed E-state index contributed by atoms with van der Waals surface area (Å²) >= 11 is 0. The average Bonchev–Trinajstić information content (AvgIpc) is 3.00. The highest BCUT2D eigenvalue weighted by Gasteiger charge is 2.40. The van der Waals surface area contributed by atoms with E-state index in [0.717, 1.165) is 19.3 Å². The Morgan fingerprint density at radius 1 is 1.30 bits per heavy atom. The molecule has 2 rings (SSSR count). The molecule has 0 aromatic carbocycles. The fourth-order valence-corrected chi connectivity index (χ4v) is 2.55. The monoisotopic (exact) mass is 278 g/mol. The Balaban J connectivity index is 2.12. The lowest BCUT2D eigenvalue weighted by Gasteiger charge is -2.36. The summed E-state index contributed by atoms with van der Waals surface area (Å²) in [6, 6.07) is 1.55. The maximum Gasteiger partial charge on any atom is 0.255 e. The topological polar surface area (TPSA) is 88.4 Å². The standard InChI is InChI=1S/C14H18N2O4/c17-8-7-15-13(19)14(5-2-1-3-6-14)16-12(18)11-4-9-20-10-11/h4,8-10H,1-3,5-7H2,(H,15,19)(H,16,18). The normalized spacial score (nSPS) is 17.2. The fraction of sp³-hybridized carbons (Fsp3) is 0.500.